The molecular formula is C41H53N3O8. The summed E-state index contributed by atoms with van der Waals surface area (Å²) in [7, 11) is 3.24. The van der Waals surface area contributed by atoms with Crippen molar-refractivity contribution in [3.63, 3.8) is 0 Å². The average Bonchev–Trinajstić information content (AvgIpc) is 3.66. The molecule has 0 aromatic heterocycles. The Morgan fingerprint density at radius 2 is 1.85 bits per heavy atom. The van der Waals surface area contributed by atoms with E-state index in [0.717, 1.165) is 53.3 Å². The zero-order chi connectivity index (χ0) is 37.1. The number of hydrogen-bond donors (Lipinski definition) is 2. The Morgan fingerprint density at radius 1 is 1.02 bits per heavy atom. The van der Waals surface area contributed by atoms with Gasteiger partial charge in [0.2, 0.25) is 11.8 Å². The van der Waals surface area contributed by atoms with E-state index in [1.807, 2.05) is 24.3 Å². The van der Waals surface area contributed by atoms with Crippen LogP contribution in [0.2, 0.25) is 0 Å². The molecule has 3 aliphatic heterocycles. The highest BCUT2D eigenvalue weighted by molar-refractivity contribution is 5.97. The van der Waals surface area contributed by atoms with Crippen LogP contribution in [-0.2, 0) is 34.2 Å². The minimum atomic E-state index is -1.21. The second-order valence-corrected chi connectivity index (χ2v) is 15.5. The van der Waals surface area contributed by atoms with Gasteiger partial charge in [-0.05, 0) is 85.4 Å². The number of benzene rings is 2. The lowest BCUT2D eigenvalue weighted by Gasteiger charge is -2.31. The summed E-state index contributed by atoms with van der Waals surface area (Å²) in [5, 5.41) is 7.83. The van der Waals surface area contributed by atoms with Crippen molar-refractivity contribution >= 4 is 40.7 Å². The third kappa shape index (κ3) is 7.70. The van der Waals surface area contributed by atoms with Gasteiger partial charge in [-0.2, -0.15) is 0 Å². The van der Waals surface area contributed by atoms with Crippen molar-refractivity contribution in [2.45, 2.75) is 102 Å². The van der Waals surface area contributed by atoms with Crippen molar-refractivity contribution in [1.82, 2.24) is 15.5 Å². The van der Waals surface area contributed by atoms with Gasteiger partial charge in [0.1, 0.15) is 29.0 Å². The summed E-state index contributed by atoms with van der Waals surface area (Å²) in [6.45, 7) is 6.41. The second kappa shape index (κ2) is 15.3. The van der Waals surface area contributed by atoms with Crippen LogP contribution in [0.1, 0.15) is 89.7 Å². The summed E-state index contributed by atoms with van der Waals surface area (Å²) >= 11 is 0. The maximum absolute atomic E-state index is 14.7. The molecule has 1 aliphatic carbocycles. The van der Waals surface area contributed by atoms with Crippen molar-refractivity contribution in [2.75, 3.05) is 34.0 Å². The number of alkyl carbamates (subject to hydrolysis) is 1. The lowest BCUT2D eigenvalue weighted by atomic mass is 9.85. The monoisotopic (exact) mass is 715 g/mol. The molecule has 6 bridgehead atoms. The maximum atomic E-state index is 14.7. The molecule has 1 saturated carbocycles. The number of ether oxygens (including phenoxy) is 4. The summed E-state index contributed by atoms with van der Waals surface area (Å²) in [4.78, 5) is 57.3. The number of rotatable bonds is 4. The van der Waals surface area contributed by atoms with E-state index in [2.05, 4.69) is 54.8 Å². The van der Waals surface area contributed by atoms with Crippen molar-refractivity contribution in [3.05, 3.63) is 59.7 Å². The molecule has 280 valence electrons. The number of amides is 3. The van der Waals surface area contributed by atoms with Crippen molar-refractivity contribution < 1.29 is 38.1 Å². The molecular weight excluding hydrogens is 662 g/mol. The lowest BCUT2D eigenvalue weighted by molar-refractivity contribution is -0.150. The van der Waals surface area contributed by atoms with Crippen LogP contribution >= 0.6 is 0 Å². The summed E-state index contributed by atoms with van der Waals surface area (Å²) in [6, 6.07) is 8.19. The quantitative estimate of drug-likeness (QED) is 0.284. The van der Waals surface area contributed by atoms with Gasteiger partial charge in [0.15, 0.2) is 0 Å². The number of carbonyl (C=O) groups excluding carboxylic acids is 4. The first kappa shape index (κ1) is 37.4. The van der Waals surface area contributed by atoms with Gasteiger partial charge in [0, 0.05) is 25.0 Å². The highest BCUT2D eigenvalue weighted by Crippen LogP contribution is 2.47. The third-order valence-electron chi connectivity index (χ3n) is 11.3. The Labute approximate surface area is 306 Å². The van der Waals surface area contributed by atoms with Crippen LogP contribution in [-0.4, -0.2) is 80.4 Å². The van der Waals surface area contributed by atoms with Gasteiger partial charge in [-0.15, -0.1) is 0 Å². The Balaban J connectivity index is 1.45. The standard InChI is InChI=1S/C41H53N3O8/c1-6-51-37(47)41-24-31(41)14-10-8-7-9-11-15-32-36(46)44-26-40(50-5,25-33(44)35(45)43-41)30-17-16-27-23-34(49-4)28(21-29(27)22-30)13-12-18-39(2,3)19-20-52-38(48)42-32/h10,12-14,16-17,21-23,31-33H,6-9,11,15,18-20,24-26H2,1-5H3,(H,42,48)(H,43,45)/t31-,32+,33+,40+,41-/m1/s1. The minimum absolute atomic E-state index is 0.0615. The highest BCUT2D eigenvalue weighted by Gasteiger charge is 2.63. The fourth-order valence-corrected chi connectivity index (χ4v) is 7.93. The SMILES string of the molecule is CCOC(=O)[C@@]12C[C@H]1C=CCCCCC[C@@H]1NC(=O)OCCC(C)(C)CC=Cc3cc4cc(ccc4cc3OC)[C@]3(OC)C[C@@H](C(=O)N2)N(C3)C1=O. The van der Waals surface area contributed by atoms with Crippen LogP contribution < -0.4 is 15.4 Å². The van der Waals surface area contributed by atoms with Gasteiger partial charge in [0.05, 0.1) is 26.9 Å². The highest BCUT2D eigenvalue weighted by atomic mass is 16.5. The van der Waals surface area contributed by atoms with E-state index in [0.29, 0.717) is 25.7 Å². The van der Waals surface area contributed by atoms with Crippen LogP contribution in [0, 0.1) is 11.3 Å². The molecule has 2 fully saturated rings. The Morgan fingerprint density at radius 3 is 2.62 bits per heavy atom. The molecule has 0 spiro atoms. The number of nitrogens with zero attached hydrogens (tertiary/aromatic N) is 1. The molecule has 3 heterocycles. The van der Waals surface area contributed by atoms with Gasteiger partial charge in [-0.25, -0.2) is 9.59 Å². The Kier molecular flexibility index (Phi) is 11.0. The van der Waals surface area contributed by atoms with E-state index >= 15 is 0 Å². The molecule has 11 heteroatoms. The molecule has 2 aromatic rings. The zero-order valence-electron chi connectivity index (χ0n) is 31.1. The largest absolute Gasteiger partial charge is 0.496 e. The fourth-order valence-electron chi connectivity index (χ4n) is 7.93. The Bertz CT molecular complexity index is 1750. The van der Waals surface area contributed by atoms with Crippen LogP contribution in [0.5, 0.6) is 5.75 Å². The van der Waals surface area contributed by atoms with Crippen molar-refractivity contribution in [1.29, 1.82) is 0 Å². The van der Waals surface area contributed by atoms with E-state index in [9.17, 15) is 19.2 Å². The van der Waals surface area contributed by atoms with Gasteiger partial charge < -0.3 is 34.5 Å². The normalized spacial score (nSPS) is 29.5. The molecule has 2 N–H and O–H groups in total. The van der Waals surface area contributed by atoms with E-state index in [1.54, 1.807) is 21.1 Å². The smallest absolute Gasteiger partial charge is 0.407 e. The van der Waals surface area contributed by atoms with Crippen molar-refractivity contribution in [3.8, 4) is 5.75 Å². The summed E-state index contributed by atoms with van der Waals surface area (Å²) in [6.07, 6.45) is 13.1. The van der Waals surface area contributed by atoms with E-state index in [1.165, 1.54) is 4.90 Å². The first-order chi connectivity index (χ1) is 24.9. The second-order valence-electron chi connectivity index (χ2n) is 15.5. The predicted octanol–water partition coefficient (Wildman–Crippen LogP) is 6.18. The van der Waals surface area contributed by atoms with Crippen LogP contribution in [0.25, 0.3) is 16.8 Å². The molecule has 3 amide bonds. The number of fused-ring (bicyclic) bond motifs is 6. The molecule has 1 saturated heterocycles. The molecule has 0 unspecified atom stereocenters. The molecule has 5 atom stereocenters. The number of hydrogen-bond acceptors (Lipinski definition) is 8. The van der Waals surface area contributed by atoms with Gasteiger partial charge in [-0.3, -0.25) is 9.59 Å². The van der Waals surface area contributed by atoms with Gasteiger partial charge >= 0.3 is 12.1 Å². The topological polar surface area (TPSA) is 132 Å². The van der Waals surface area contributed by atoms with Crippen LogP contribution in [0.4, 0.5) is 4.79 Å². The number of esters is 1. The molecule has 6 rings (SSSR count). The summed E-state index contributed by atoms with van der Waals surface area (Å²) < 4.78 is 23.2. The number of methoxy groups -OCH3 is 2. The maximum Gasteiger partial charge on any atom is 0.407 e. The average molecular weight is 716 g/mol. The lowest BCUT2D eigenvalue weighted by Crippen LogP contribution is -2.56. The molecule has 4 aliphatic rings. The number of allylic oxidation sites excluding steroid dienone is 2. The first-order valence-electron chi connectivity index (χ1n) is 18.7. The van der Waals surface area contributed by atoms with Gasteiger partial charge in [0.25, 0.3) is 0 Å². The van der Waals surface area contributed by atoms with E-state index in [-0.39, 0.29) is 37.5 Å². The zero-order valence-corrected chi connectivity index (χ0v) is 31.1. The molecule has 52 heavy (non-hydrogen) atoms. The van der Waals surface area contributed by atoms with Crippen molar-refractivity contribution in [2.24, 2.45) is 11.3 Å². The summed E-state index contributed by atoms with van der Waals surface area (Å²) in [5.74, 6) is -0.804. The predicted molar refractivity (Wildman–Crippen MR) is 197 cm³/mol. The molecule has 2 aromatic carbocycles. The number of nitrogens with one attached hydrogen (secondary N) is 2. The third-order valence-corrected chi connectivity index (χ3v) is 11.3. The Hall–Kier alpha value is -4.38. The minimum Gasteiger partial charge on any atom is -0.496 e. The van der Waals surface area contributed by atoms with Gasteiger partial charge in [-0.1, -0.05) is 63.1 Å². The number of cyclic esters (lactones) is 1. The fraction of sp³-hybridized carbons (Fsp3) is 0.561. The number of carbonyl (C=O) groups is 4. The van der Waals surface area contributed by atoms with E-state index < -0.39 is 47.1 Å². The first-order valence-corrected chi connectivity index (χ1v) is 18.7. The summed E-state index contributed by atoms with van der Waals surface area (Å²) in [5.41, 5.74) is -0.715. The van der Waals surface area contributed by atoms with E-state index in [4.69, 9.17) is 18.9 Å². The van der Waals surface area contributed by atoms with Crippen LogP contribution in [0.15, 0.2) is 48.6 Å². The van der Waals surface area contributed by atoms with Crippen LogP contribution in [0.3, 0.4) is 0 Å². The molecule has 0 radical (unpaired) electrons. The molecule has 11 nitrogen and oxygen atoms in total.